The van der Waals surface area contributed by atoms with Gasteiger partial charge >= 0.3 is 6.18 Å². The van der Waals surface area contributed by atoms with Crippen molar-refractivity contribution < 1.29 is 18.0 Å². The highest BCUT2D eigenvalue weighted by Gasteiger charge is 2.32. The van der Waals surface area contributed by atoms with Crippen LogP contribution in [-0.2, 0) is 11.3 Å². The number of aryl methyl sites for hydroxylation is 1. The molecule has 1 N–H and O–H groups in total. The average molecular weight is 333 g/mol. The molecule has 2 atom stereocenters. The van der Waals surface area contributed by atoms with Crippen molar-refractivity contribution in [3.8, 4) is 0 Å². The molecule has 0 saturated carbocycles. The Balaban J connectivity index is 1.96. The number of halogens is 3. The zero-order valence-electron chi connectivity index (χ0n) is 13.3. The van der Waals surface area contributed by atoms with Crippen molar-refractivity contribution >= 4 is 5.91 Å². The van der Waals surface area contributed by atoms with Gasteiger partial charge in [0.25, 0.3) is 0 Å². The van der Waals surface area contributed by atoms with Crippen molar-refractivity contribution in [3.63, 3.8) is 0 Å². The molecule has 1 amide bonds. The molecule has 2 heterocycles. The highest BCUT2D eigenvalue weighted by Crippen LogP contribution is 2.26. The quantitative estimate of drug-likeness (QED) is 0.888. The molecule has 0 aromatic carbocycles. The smallest absolute Gasteiger partial charge is 0.346 e. The zero-order valence-corrected chi connectivity index (χ0v) is 13.3. The number of alkyl halides is 3. The molecule has 2 unspecified atom stereocenters. The van der Waals surface area contributed by atoms with E-state index in [-0.39, 0.29) is 5.92 Å². The highest BCUT2D eigenvalue weighted by atomic mass is 19.4. The number of nitrogens with zero attached hydrogens (tertiary/aromatic N) is 4. The van der Waals surface area contributed by atoms with Crippen LogP contribution in [0, 0.1) is 0 Å². The van der Waals surface area contributed by atoms with Crippen LogP contribution in [0.2, 0.25) is 0 Å². The van der Waals surface area contributed by atoms with Gasteiger partial charge in [-0.2, -0.15) is 13.2 Å². The molecule has 0 spiro atoms. The second-order valence-corrected chi connectivity index (χ2v) is 5.82. The number of aromatic nitrogens is 3. The summed E-state index contributed by atoms with van der Waals surface area (Å²) in [5.41, 5.74) is 0. The largest absolute Gasteiger partial charge is 0.405 e. The number of rotatable bonds is 5. The second-order valence-electron chi connectivity index (χ2n) is 5.82. The van der Waals surface area contributed by atoms with E-state index in [1.54, 1.807) is 13.3 Å². The van der Waals surface area contributed by atoms with E-state index in [0.29, 0.717) is 13.1 Å². The van der Waals surface area contributed by atoms with E-state index in [0.717, 1.165) is 25.2 Å². The van der Waals surface area contributed by atoms with Crippen molar-refractivity contribution in [2.45, 2.75) is 51.4 Å². The van der Waals surface area contributed by atoms with Gasteiger partial charge in [0.2, 0.25) is 5.91 Å². The molecule has 1 aliphatic rings. The first-order valence-electron chi connectivity index (χ1n) is 7.78. The highest BCUT2D eigenvalue weighted by molar-refractivity contribution is 5.81. The lowest BCUT2D eigenvalue weighted by molar-refractivity contribution is -0.141. The topological polar surface area (TPSA) is 63.1 Å². The maximum Gasteiger partial charge on any atom is 0.405 e. The Hall–Kier alpha value is -1.64. The van der Waals surface area contributed by atoms with Crippen LogP contribution in [-0.4, -0.2) is 57.4 Å². The summed E-state index contributed by atoms with van der Waals surface area (Å²) in [6.45, 7) is 4.40. The first kappa shape index (κ1) is 17.7. The Morgan fingerprint density at radius 2 is 2.26 bits per heavy atom. The summed E-state index contributed by atoms with van der Waals surface area (Å²) in [7, 11) is 0. The number of nitrogens with one attached hydrogen (secondary N) is 1. The van der Waals surface area contributed by atoms with Gasteiger partial charge < -0.3 is 9.88 Å². The predicted molar refractivity (Wildman–Crippen MR) is 77.8 cm³/mol. The molecule has 9 heteroatoms. The van der Waals surface area contributed by atoms with Gasteiger partial charge in [0, 0.05) is 19.0 Å². The first-order chi connectivity index (χ1) is 10.8. The molecule has 1 fully saturated rings. The zero-order chi connectivity index (χ0) is 17.0. The summed E-state index contributed by atoms with van der Waals surface area (Å²) < 4.78 is 38.6. The number of likely N-dealkylation sites (tertiary alicyclic amines) is 1. The summed E-state index contributed by atoms with van der Waals surface area (Å²) >= 11 is 0. The van der Waals surface area contributed by atoms with Crippen molar-refractivity contribution in [3.05, 3.63) is 12.2 Å². The molecule has 2 rings (SSSR count). The van der Waals surface area contributed by atoms with Crippen molar-refractivity contribution in [2.75, 3.05) is 19.6 Å². The number of carbonyl (C=O) groups is 1. The maximum atomic E-state index is 12.2. The van der Waals surface area contributed by atoms with Crippen LogP contribution < -0.4 is 5.32 Å². The maximum absolute atomic E-state index is 12.2. The Bertz CT molecular complexity index is 531. The Labute approximate surface area is 133 Å². The molecule has 23 heavy (non-hydrogen) atoms. The molecule has 130 valence electrons. The third-order valence-electron chi connectivity index (χ3n) is 4.19. The van der Waals surface area contributed by atoms with Gasteiger partial charge in [0.05, 0.1) is 6.04 Å². The van der Waals surface area contributed by atoms with E-state index in [2.05, 4.69) is 10.2 Å². The fourth-order valence-electron chi connectivity index (χ4n) is 2.89. The van der Waals surface area contributed by atoms with Gasteiger partial charge in [-0.05, 0) is 33.2 Å². The Kier molecular flexibility index (Phi) is 5.61. The number of carbonyl (C=O) groups excluding carboxylic acids is 1. The Morgan fingerprint density at radius 3 is 2.91 bits per heavy atom. The molecule has 1 aromatic rings. The monoisotopic (exact) mass is 333 g/mol. The third-order valence-corrected chi connectivity index (χ3v) is 4.19. The standard InChI is InChI=1S/C14H22F3N5O/c1-3-21-9-19-20-12(21)11-5-4-6-22(7-11)10(2)13(23)18-8-14(15,16)17/h9-11H,3-8H2,1-2H3,(H,18,23). The second kappa shape index (κ2) is 7.29. The van der Waals surface area contributed by atoms with Crippen molar-refractivity contribution in [1.29, 1.82) is 0 Å². The average Bonchev–Trinajstić information content (AvgIpc) is 3.00. The fraction of sp³-hybridized carbons (Fsp3) is 0.786. The van der Waals surface area contributed by atoms with Gasteiger partial charge in [-0.15, -0.1) is 10.2 Å². The minimum Gasteiger partial charge on any atom is -0.346 e. The minimum atomic E-state index is -4.39. The fourth-order valence-corrected chi connectivity index (χ4v) is 2.89. The van der Waals surface area contributed by atoms with Crippen LogP contribution in [0.4, 0.5) is 13.2 Å². The van der Waals surface area contributed by atoms with E-state index < -0.39 is 24.7 Å². The van der Waals surface area contributed by atoms with Crippen LogP contribution in [0.15, 0.2) is 6.33 Å². The van der Waals surface area contributed by atoms with E-state index in [9.17, 15) is 18.0 Å². The van der Waals surface area contributed by atoms with Gasteiger partial charge in [0.15, 0.2) is 0 Å². The summed E-state index contributed by atoms with van der Waals surface area (Å²) in [4.78, 5) is 13.8. The number of hydrogen-bond acceptors (Lipinski definition) is 4. The van der Waals surface area contributed by atoms with E-state index in [1.807, 2.05) is 21.7 Å². The van der Waals surface area contributed by atoms with Gasteiger partial charge in [-0.25, -0.2) is 0 Å². The predicted octanol–water partition coefficient (Wildman–Crippen LogP) is 1.54. The Morgan fingerprint density at radius 1 is 1.52 bits per heavy atom. The van der Waals surface area contributed by atoms with Crippen molar-refractivity contribution in [1.82, 2.24) is 25.0 Å². The lowest BCUT2D eigenvalue weighted by Crippen LogP contribution is -2.50. The lowest BCUT2D eigenvalue weighted by Gasteiger charge is -2.35. The molecular weight excluding hydrogens is 311 g/mol. The summed E-state index contributed by atoms with van der Waals surface area (Å²) in [6, 6.07) is -0.599. The van der Waals surface area contributed by atoms with Crippen molar-refractivity contribution in [2.24, 2.45) is 0 Å². The lowest BCUT2D eigenvalue weighted by atomic mass is 9.96. The van der Waals surface area contributed by atoms with E-state index in [1.165, 1.54) is 0 Å². The van der Waals surface area contributed by atoms with Gasteiger partial charge in [-0.3, -0.25) is 9.69 Å². The first-order valence-corrected chi connectivity index (χ1v) is 7.78. The van der Waals surface area contributed by atoms with Crippen LogP contribution >= 0.6 is 0 Å². The number of hydrogen-bond donors (Lipinski definition) is 1. The summed E-state index contributed by atoms with van der Waals surface area (Å²) in [5.74, 6) is 0.420. The normalized spacial score (nSPS) is 21.2. The van der Waals surface area contributed by atoms with Gasteiger partial charge in [-0.1, -0.05) is 0 Å². The molecule has 0 aliphatic carbocycles. The van der Waals surface area contributed by atoms with E-state index in [4.69, 9.17) is 0 Å². The molecule has 1 aliphatic heterocycles. The molecule has 1 saturated heterocycles. The molecule has 1 aromatic heterocycles. The molecule has 0 radical (unpaired) electrons. The molecular formula is C14H22F3N5O. The van der Waals surface area contributed by atoms with Gasteiger partial charge in [0.1, 0.15) is 18.7 Å². The number of piperidine rings is 1. The molecule has 6 nitrogen and oxygen atoms in total. The number of amides is 1. The van der Waals surface area contributed by atoms with Crippen LogP contribution in [0.3, 0.4) is 0 Å². The minimum absolute atomic E-state index is 0.143. The summed E-state index contributed by atoms with van der Waals surface area (Å²) in [5, 5.41) is 10.0. The third kappa shape index (κ3) is 4.66. The van der Waals surface area contributed by atoms with Crippen LogP contribution in [0.25, 0.3) is 0 Å². The SMILES string of the molecule is CCn1cnnc1C1CCCN(C(C)C(=O)NCC(F)(F)F)C1. The van der Waals surface area contributed by atoms with Crippen LogP contribution in [0.5, 0.6) is 0 Å². The summed E-state index contributed by atoms with van der Waals surface area (Å²) in [6.07, 6.45) is -0.907. The van der Waals surface area contributed by atoms with Crippen LogP contribution in [0.1, 0.15) is 38.4 Å². The van der Waals surface area contributed by atoms with E-state index >= 15 is 0 Å². The molecule has 0 bridgehead atoms.